The van der Waals surface area contributed by atoms with E-state index in [-0.39, 0.29) is 11.7 Å². The largest absolute Gasteiger partial charge is 0.382 e. The zero-order valence-electron chi connectivity index (χ0n) is 10.2. The van der Waals surface area contributed by atoms with Crippen LogP contribution in [0.2, 0.25) is 0 Å². The number of halogens is 1. The minimum absolute atomic E-state index is 0.147. The van der Waals surface area contributed by atoms with Crippen molar-refractivity contribution in [2.24, 2.45) is 5.73 Å². The molecule has 0 aliphatic carbocycles. The normalized spacial score (nSPS) is 12.6. The van der Waals surface area contributed by atoms with E-state index >= 15 is 0 Å². The van der Waals surface area contributed by atoms with Crippen LogP contribution in [0.15, 0.2) is 24.3 Å². The maximum absolute atomic E-state index is 13.1. The van der Waals surface area contributed by atoms with Crippen molar-refractivity contribution in [3.05, 3.63) is 35.6 Å². The molecule has 0 spiro atoms. The Balaban J connectivity index is 2.38. The van der Waals surface area contributed by atoms with Gasteiger partial charge in [-0.05, 0) is 36.6 Å². The summed E-state index contributed by atoms with van der Waals surface area (Å²) in [6.07, 6.45) is 0.795. The lowest BCUT2D eigenvalue weighted by molar-refractivity contribution is 0.0672. The molecule has 2 N–H and O–H groups in total. The third kappa shape index (κ3) is 5.26. The Morgan fingerprint density at radius 3 is 2.76 bits per heavy atom. The minimum Gasteiger partial charge on any atom is -0.382 e. The van der Waals surface area contributed by atoms with Crippen LogP contribution in [0.1, 0.15) is 17.9 Å². The zero-order valence-corrected chi connectivity index (χ0v) is 10.2. The van der Waals surface area contributed by atoms with Gasteiger partial charge in [0.05, 0.1) is 13.2 Å². The average Bonchev–Trinajstić information content (AvgIpc) is 2.34. The van der Waals surface area contributed by atoms with E-state index < -0.39 is 0 Å². The smallest absolute Gasteiger partial charge is 0.123 e. The van der Waals surface area contributed by atoms with E-state index in [0.717, 1.165) is 12.0 Å². The standard InChI is InChI=1S/C13H20FNO2/c1-16-7-8-17-6-5-12(10-15)11-3-2-4-13(14)9-11/h2-4,9,12H,5-8,10,15H2,1H3. The molecule has 96 valence electrons. The SMILES string of the molecule is COCCOCCC(CN)c1cccc(F)c1. The van der Waals surface area contributed by atoms with Gasteiger partial charge in [-0.1, -0.05) is 12.1 Å². The molecule has 0 fully saturated rings. The molecule has 0 bridgehead atoms. The lowest BCUT2D eigenvalue weighted by Gasteiger charge is -2.15. The van der Waals surface area contributed by atoms with Gasteiger partial charge in [-0.25, -0.2) is 4.39 Å². The number of nitrogens with two attached hydrogens (primary N) is 1. The summed E-state index contributed by atoms with van der Waals surface area (Å²) in [6.45, 7) is 2.28. The summed E-state index contributed by atoms with van der Waals surface area (Å²) in [5.74, 6) is -0.0745. The van der Waals surface area contributed by atoms with Crippen LogP contribution in [0.4, 0.5) is 4.39 Å². The van der Waals surface area contributed by atoms with E-state index in [1.165, 1.54) is 12.1 Å². The monoisotopic (exact) mass is 241 g/mol. The van der Waals surface area contributed by atoms with Gasteiger partial charge in [-0.3, -0.25) is 0 Å². The molecule has 4 heteroatoms. The van der Waals surface area contributed by atoms with Crippen LogP contribution in [0.3, 0.4) is 0 Å². The molecule has 0 aromatic heterocycles. The van der Waals surface area contributed by atoms with E-state index in [9.17, 15) is 4.39 Å². The highest BCUT2D eigenvalue weighted by Gasteiger charge is 2.10. The maximum Gasteiger partial charge on any atom is 0.123 e. The molecule has 17 heavy (non-hydrogen) atoms. The Bertz CT molecular complexity index is 320. The quantitative estimate of drug-likeness (QED) is 0.707. The van der Waals surface area contributed by atoms with Gasteiger partial charge in [0.2, 0.25) is 0 Å². The van der Waals surface area contributed by atoms with Gasteiger partial charge >= 0.3 is 0 Å². The summed E-state index contributed by atoms with van der Waals surface area (Å²) in [7, 11) is 1.64. The number of ether oxygens (including phenoxy) is 2. The topological polar surface area (TPSA) is 44.5 Å². The molecule has 0 radical (unpaired) electrons. The first-order valence-corrected chi connectivity index (χ1v) is 5.80. The van der Waals surface area contributed by atoms with Crippen LogP contribution < -0.4 is 5.73 Å². The molecular formula is C13H20FNO2. The Morgan fingerprint density at radius 2 is 2.12 bits per heavy atom. The second-order valence-electron chi connectivity index (χ2n) is 3.88. The van der Waals surface area contributed by atoms with E-state index in [2.05, 4.69) is 0 Å². The lowest BCUT2D eigenvalue weighted by atomic mass is 9.96. The molecule has 1 aromatic carbocycles. The third-order valence-electron chi connectivity index (χ3n) is 2.65. The second-order valence-corrected chi connectivity index (χ2v) is 3.88. The van der Waals surface area contributed by atoms with Crippen LogP contribution in [-0.2, 0) is 9.47 Å². The van der Waals surface area contributed by atoms with Gasteiger partial charge in [0.25, 0.3) is 0 Å². The predicted octanol–water partition coefficient (Wildman–Crippen LogP) is 1.92. The van der Waals surface area contributed by atoms with Crippen LogP contribution in [0.25, 0.3) is 0 Å². The lowest BCUT2D eigenvalue weighted by Crippen LogP contribution is -2.15. The maximum atomic E-state index is 13.1. The highest BCUT2D eigenvalue weighted by atomic mass is 19.1. The van der Waals surface area contributed by atoms with Crippen molar-refractivity contribution in [2.75, 3.05) is 33.5 Å². The Morgan fingerprint density at radius 1 is 1.29 bits per heavy atom. The Labute approximate surface area is 102 Å². The summed E-state index contributed by atoms with van der Waals surface area (Å²) in [4.78, 5) is 0. The Hall–Kier alpha value is -0.970. The number of methoxy groups -OCH3 is 1. The molecule has 0 aliphatic heterocycles. The van der Waals surface area contributed by atoms with Crippen molar-refractivity contribution in [2.45, 2.75) is 12.3 Å². The van der Waals surface area contributed by atoms with Gasteiger partial charge in [0.15, 0.2) is 0 Å². The molecule has 1 unspecified atom stereocenters. The molecule has 0 saturated heterocycles. The van der Waals surface area contributed by atoms with E-state index in [0.29, 0.717) is 26.4 Å². The van der Waals surface area contributed by atoms with Crippen molar-refractivity contribution < 1.29 is 13.9 Å². The fourth-order valence-electron chi connectivity index (χ4n) is 1.65. The van der Waals surface area contributed by atoms with Crippen molar-refractivity contribution in [3.8, 4) is 0 Å². The average molecular weight is 241 g/mol. The van der Waals surface area contributed by atoms with Crippen LogP contribution in [0, 0.1) is 5.82 Å². The molecule has 1 aromatic rings. The van der Waals surface area contributed by atoms with Crippen LogP contribution >= 0.6 is 0 Å². The van der Waals surface area contributed by atoms with Crippen LogP contribution in [-0.4, -0.2) is 33.5 Å². The zero-order chi connectivity index (χ0) is 12.5. The molecule has 0 aliphatic rings. The van der Waals surface area contributed by atoms with Gasteiger partial charge < -0.3 is 15.2 Å². The van der Waals surface area contributed by atoms with Gasteiger partial charge in [-0.15, -0.1) is 0 Å². The van der Waals surface area contributed by atoms with Crippen molar-refractivity contribution in [1.82, 2.24) is 0 Å². The second kappa shape index (κ2) is 8.17. The first-order valence-electron chi connectivity index (χ1n) is 5.80. The summed E-state index contributed by atoms with van der Waals surface area (Å²) in [5.41, 5.74) is 6.63. The predicted molar refractivity (Wildman–Crippen MR) is 65.5 cm³/mol. The first kappa shape index (κ1) is 14.1. The van der Waals surface area contributed by atoms with Crippen molar-refractivity contribution >= 4 is 0 Å². The first-order chi connectivity index (χ1) is 8.27. The number of benzene rings is 1. The van der Waals surface area contributed by atoms with E-state index in [1.807, 2.05) is 6.07 Å². The van der Waals surface area contributed by atoms with Gasteiger partial charge in [0, 0.05) is 13.7 Å². The highest BCUT2D eigenvalue weighted by Crippen LogP contribution is 2.19. The van der Waals surface area contributed by atoms with Gasteiger partial charge in [0.1, 0.15) is 5.82 Å². The number of hydrogen-bond acceptors (Lipinski definition) is 3. The third-order valence-corrected chi connectivity index (χ3v) is 2.65. The summed E-state index contributed by atoms with van der Waals surface area (Å²) in [6, 6.07) is 6.58. The number of rotatable bonds is 8. The molecule has 1 atom stereocenters. The molecule has 0 amide bonds. The van der Waals surface area contributed by atoms with Crippen molar-refractivity contribution in [1.29, 1.82) is 0 Å². The molecule has 3 nitrogen and oxygen atoms in total. The Kier molecular flexibility index (Phi) is 6.77. The summed E-state index contributed by atoms with van der Waals surface area (Å²) in [5, 5.41) is 0. The fourth-order valence-corrected chi connectivity index (χ4v) is 1.65. The van der Waals surface area contributed by atoms with E-state index in [1.54, 1.807) is 13.2 Å². The molecule has 1 rings (SSSR count). The van der Waals surface area contributed by atoms with E-state index in [4.69, 9.17) is 15.2 Å². The highest BCUT2D eigenvalue weighted by molar-refractivity contribution is 5.20. The minimum atomic E-state index is -0.221. The number of hydrogen-bond donors (Lipinski definition) is 1. The van der Waals surface area contributed by atoms with Crippen molar-refractivity contribution in [3.63, 3.8) is 0 Å². The summed E-state index contributed by atoms with van der Waals surface area (Å²) < 4.78 is 23.3. The van der Waals surface area contributed by atoms with Crippen LogP contribution in [0.5, 0.6) is 0 Å². The van der Waals surface area contributed by atoms with Gasteiger partial charge in [-0.2, -0.15) is 0 Å². The molecule has 0 heterocycles. The summed E-state index contributed by atoms with van der Waals surface area (Å²) >= 11 is 0. The molecular weight excluding hydrogens is 221 g/mol. The fraction of sp³-hybridized carbons (Fsp3) is 0.538. The molecule has 0 saturated carbocycles.